The molecule has 0 bridgehead atoms. The summed E-state index contributed by atoms with van der Waals surface area (Å²) >= 11 is 0. The van der Waals surface area contributed by atoms with Crippen molar-refractivity contribution in [1.82, 2.24) is 5.32 Å². The van der Waals surface area contributed by atoms with Gasteiger partial charge in [0.1, 0.15) is 18.3 Å². The molecule has 2 rings (SSSR count). The second-order valence-electron chi connectivity index (χ2n) is 6.14. The Morgan fingerprint density at radius 3 is 2.47 bits per heavy atom. The minimum absolute atomic E-state index is 0.137. The lowest BCUT2D eigenvalue weighted by molar-refractivity contribution is -0.384. The molecule has 8 nitrogen and oxygen atoms in total. The number of methoxy groups -OCH3 is 1. The Labute approximate surface area is 170 Å². The summed E-state index contributed by atoms with van der Waals surface area (Å²) in [6.45, 7) is 1.70. The highest BCUT2D eigenvalue weighted by Crippen LogP contribution is 2.35. The first-order valence-electron chi connectivity index (χ1n) is 8.79. The third-order valence-corrected chi connectivity index (χ3v) is 4.01. The molecule has 2 aromatic carbocycles. The van der Waals surface area contributed by atoms with Crippen LogP contribution in [0.2, 0.25) is 0 Å². The lowest BCUT2D eigenvalue weighted by atomic mass is 10.1. The summed E-state index contributed by atoms with van der Waals surface area (Å²) < 4.78 is 49.0. The molecule has 1 unspecified atom stereocenters. The number of para-hydroxylation sites is 2. The molecule has 0 spiro atoms. The number of nitro benzene ring substituents is 1. The van der Waals surface area contributed by atoms with Gasteiger partial charge in [-0.2, -0.15) is 13.2 Å². The van der Waals surface area contributed by atoms with E-state index >= 15 is 0 Å². The van der Waals surface area contributed by atoms with E-state index in [-0.39, 0.29) is 18.8 Å². The number of halogens is 3. The molecule has 0 radical (unpaired) electrons. The third kappa shape index (κ3) is 6.00. The van der Waals surface area contributed by atoms with Crippen LogP contribution in [0.4, 0.5) is 24.5 Å². The molecule has 0 aliphatic heterocycles. The first-order chi connectivity index (χ1) is 14.1. The predicted molar refractivity (Wildman–Crippen MR) is 103 cm³/mol. The maximum atomic E-state index is 12.8. The molecule has 0 aliphatic carbocycles. The molecule has 0 saturated carbocycles. The molecule has 0 heterocycles. The molecule has 2 aromatic rings. The number of carbonyl (C=O) groups is 1. The molecule has 1 amide bonds. The van der Waals surface area contributed by atoms with Gasteiger partial charge in [0.15, 0.2) is 11.5 Å². The van der Waals surface area contributed by atoms with Crippen molar-refractivity contribution in [3.8, 4) is 11.5 Å². The molecule has 2 N–H and O–H groups in total. The van der Waals surface area contributed by atoms with Gasteiger partial charge in [-0.15, -0.1) is 0 Å². The number of nitrogens with zero attached hydrogens (tertiary/aromatic N) is 1. The minimum atomic E-state index is -4.71. The van der Waals surface area contributed by atoms with Gasteiger partial charge >= 0.3 is 6.18 Å². The van der Waals surface area contributed by atoms with Crippen LogP contribution < -0.4 is 20.1 Å². The zero-order valence-electron chi connectivity index (χ0n) is 16.2. The van der Waals surface area contributed by atoms with E-state index in [2.05, 4.69) is 10.6 Å². The number of hydrogen-bond acceptors (Lipinski definition) is 6. The van der Waals surface area contributed by atoms with Crippen molar-refractivity contribution in [3.63, 3.8) is 0 Å². The fourth-order valence-corrected chi connectivity index (χ4v) is 2.51. The molecule has 11 heteroatoms. The molecule has 162 valence electrons. The van der Waals surface area contributed by atoms with Crippen LogP contribution in [0.1, 0.15) is 12.5 Å². The maximum Gasteiger partial charge on any atom is 0.416 e. The van der Waals surface area contributed by atoms with Crippen molar-refractivity contribution in [3.05, 3.63) is 58.1 Å². The lowest BCUT2D eigenvalue weighted by Crippen LogP contribution is -2.39. The monoisotopic (exact) mass is 427 g/mol. The van der Waals surface area contributed by atoms with E-state index < -0.39 is 34.3 Å². The summed E-state index contributed by atoms with van der Waals surface area (Å²) in [5.41, 5.74) is -2.12. The average molecular weight is 427 g/mol. The predicted octanol–water partition coefficient (Wildman–Crippen LogP) is 3.62. The smallest absolute Gasteiger partial charge is 0.416 e. The molecular formula is C19H20F3N3O5. The number of ether oxygens (including phenoxy) is 2. The number of alkyl halides is 3. The normalized spacial score (nSPS) is 12.0. The van der Waals surface area contributed by atoms with Crippen molar-refractivity contribution >= 4 is 17.3 Å². The maximum absolute atomic E-state index is 12.8. The number of nitrogens with one attached hydrogen (secondary N) is 2. The van der Waals surface area contributed by atoms with Gasteiger partial charge in [-0.05, 0) is 31.2 Å². The van der Waals surface area contributed by atoms with Crippen LogP contribution >= 0.6 is 0 Å². The molecule has 30 heavy (non-hydrogen) atoms. The Bertz CT molecular complexity index is 905. The first kappa shape index (κ1) is 22.8. The summed E-state index contributed by atoms with van der Waals surface area (Å²) in [6.07, 6.45) is -4.71. The topological polar surface area (TPSA) is 103 Å². The van der Waals surface area contributed by atoms with Crippen molar-refractivity contribution in [2.24, 2.45) is 0 Å². The summed E-state index contributed by atoms with van der Waals surface area (Å²) in [4.78, 5) is 22.4. The average Bonchev–Trinajstić information content (AvgIpc) is 2.70. The number of carbonyl (C=O) groups excluding carboxylic acids is 1. The SMILES string of the molecule is COc1ccccc1OCCNC(=O)C(C)Nc1ccc(C(F)(F)F)cc1[N+](=O)[O-]. The highest BCUT2D eigenvalue weighted by Gasteiger charge is 2.33. The number of anilines is 1. The number of benzene rings is 2. The molecular weight excluding hydrogens is 407 g/mol. The van der Waals surface area contributed by atoms with Crippen LogP contribution in [0.25, 0.3) is 0 Å². The van der Waals surface area contributed by atoms with Gasteiger partial charge < -0.3 is 20.1 Å². The van der Waals surface area contributed by atoms with Crippen LogP contribution in [0.3, 0.4) is 0 Å². The number of nitro groups is 1. The zero-order chi connectivity index (χ0) is 22.3. The van der Waals surface area contributed by atoms with Gasteiger partial charge in [-0.3, -0.25) is 14.9 Å². The largest absolute Gasteiger partial charge is 0.493 e. The fourth-order valence-electron chi connectivity index (χ4n) is 2.51. The number of rotatable bonds is 9. The van der Waals surface area contributed by atoms with Crippen LogP contribution in [0, 0.1) is 10.1 Å². The van der Waals surface area contributed by atoms with Crippen molar-refractivity contribution in [2.75, 3.05) is 25.6 Å². The number of amides is 1. The van der Waals surface area contributed by atoms with Crippen LogP contribution in [0.15, 0.2) is 42.5 Å². The van der Waals surface area contributed by atoms with Crippen molar-refractivity contribution in [2.45, 2.75) is 19.1 Å². The Morgan fingerprint density at radius 1 is 1.20 bits per heavy atom. The molecule has 0 saturated heterocycles. The Balaban J connectivity index is 1.93. The van der Waals surface area contributed by atoms with Gasteiger partial charge in [0.25, 0.3) is 5.69 Å². The quantitative estimate of drug-likeness (QED) is 0.360. The van der Waals surface area contributed by atoms with E-state index in [1.165, 1.54) is 14.0 Å². The van der Waals surface area contributed by atoms with Gasteiger partial charge in [-0.25, -0.2) is 0 Å². The molecule has 0 aliphatic rings. The van der Waals surface area contributed by atoms with E-state index in [9.17, 15) is 28.1 Å². The summed E-state index contributed by atoms with van der Waals surface area (Å²) in [5.74, 6) is 0.530. The first-order valence-corrected chi connectivity index (χ1v) is 8.79. The summed E-state index contributed by atoms with van der Waals surface area (Å²) in [5, 5.41) is 16.3. The number of hydrogen-bond donors (Lipinski definition) is 2. The van der Waals surface area contributed by atoms with E-state index in [1.54, 1.807) is 24.3 Å². The molecule has 0 fully saturated rings. The minimum Gasteiger partial charge on any atom is -0.493 e. The zero-order valence-corrected chi connectivity index (χ0v) is 16.2. The lowest BCUT2D eigenvalue weighted by Gasteiger charge is -2.16. The van der Waals surface area contributed by atoms with Crippen LogP contribution in [-0.2, 0) is 11.0 Å². The highest BCUT2D eigenvalue weighted by atomic mass is 19.4. The van der Waals surface area contributed by atoms with E-state index in [1.807, 2.05) is 0 Å². The molecule has 0 aromatic heterocycles. The van der Waals surface area contributed by atoms with Gasteiger partial charge in [0.2, 0.25) is 5.91 Å². The summed E-state index contributed by atoms with van der Waals surface area (Å²) in [6, 6.07) is 8.09. The van der Waals surface area contributed by atoms with Crippen molar-refractivity contribution < 1.29 is 32.4 Å². The van der Waals surface area contributed by atoms with Gasteiger partial charge in [-0.1, -0.05) is 12.1 Å². The van der Waals surface area contributed by atoms with Crippen LogP contribution in [-0.4, -0.2) is 37.1 Å². The summed E-state index contributed by atoms with van der Waals surface area (Å²) in [7, 11) is 1.50. The van der Waals surface area contributed by atoms with E-state index in [0.717, 1.165) is 6.07 Å². The van der Waals surface area contributed by atoms with Gasteiger partial charge in [0.05, 0.1) is 24.1 Å². The van der Waals surface area contributed by atoms with Gasteiger partial charge in [0, 0.05) is 6.07 Å². The van der Waals surface area contributed by atoms with Crippen molar-refractivity contribution in [1.29, 1.82) is 0 Å². The molecule has 1 atom stereocenters. The van der Waals surface area contributed by atoms with E-state index in [0.29, 0.717) is 23.6 Å². The standard InChI is InChI=1S/C19H20F3N3O5/c1-12(18(26)23-9-10-30-17-6-4-3-5-16(17)29-2)24-14-8-7-13(19(20,21)22)11-15(14)25(27)28/h3-8,11-12,24H,9-10H2,1-2H3,(H,23,26). The highest BCUT2D eigenvalue weighted by molar-refractivity contribution is 5.85. The van der Waals surface area contributed by atoms with E-state index in [4.69, 9.17) is 9.47 Å². The third-order valence-electron chi connectivity index (χ3n) is 4.01. The second-order valence-corrected chi connectivity index (χ2v) is 6.14. The Kier molecular flexibility index (Phi) is 7.45. The van der Waals surface area contributed by atoms with Crippen LogP contribution in [0.5, 0.6) is 11.5 Å². The Hall–Kier alpha value is -3.50. The Morgan fingerprint density at radius 2 is 1.87 bits per heavy atom. The second kappa shape index (κ2) is 9.81. The fraction of sp³-hybridized carbons (Fsp3) is 0.316.